The van der Waals surface area contributed by atoms with Gasteiger partial charge in [-0.2, -0.15) is 0 Å². The fourth-order valence-corrected chi connectivity index (χ4v) is 3.34. The molecule has 0 saturated carbocycles. The first-order valence-corrected chi connectivity index (χ1v) is 10.4. The Balaban J connectivity index is 1.53. The molecule has 0 unspecified atom stereocenters. The second-order valence-electron chi connectivity index (χ2n) is 7.30. The quantitative estimate of drug-likeness (QED) is 0.422. The van der Waals surface area contributed by atoms with Gasteiger partial charge in [0.25, 0.3) is 0 Å². The number of nitrogens with zero attached hydrogens (tertiary/aromatic N) is 2. The molecule has 0 aliphatic carbocycles. The van der Waals surface area contributed by atoms with E-state index in [2.05, 4.69) is 15.6 Å². The highest BCUT2D eigenvalue weighted by atomic mass is 35.5. The van der Waals surface area contributed by atoms with Crippen LogP contribution in [0.5, 0.6) is 0 Å². The molecule has 156 valence electrons. The molecule has 0 aliphatic rings. The van der Waals surface area contributed by atoms with E-state index in [4.69, 9.17) is 11.6 Å². The van der Waals surface area contributed by atoms with Gasteiger partial charge in [0, 0.05) is 29.0 Å². The fraction of sp³-hybridized carbons (Fsp3) is 0.120. The smallest absolute Gasteiger partial charge is 0.240 e. The number of amides is 1. The molecule has 2 N–H and O–H groups in total. The third kappa shape index (κ3) is 5.40. The van der Waals surface area contributed by atoms with Crippen LogP contribution in [0.2, 0.25) is 5.02 Å². The van der Waals surface area contributed by atoms with Gasteiger partial charge in [0.1, 0.15) is 0 Å². The zero-order chi connectivity index (χ0) is 21.6. The van der Waals surface area contributed by atoms with Crippen molar-refractivity contribution < 1.29 is 4.79 Å². The maximum Gasteiger partial charge on any atom is 0.240 e. The molecule has 0 spiro atoms. The molecule has 5 nitrogen and oxygen atoms in total. The second-order valence-corrected chi connectivity index (χ2v) is 7.74. The molecule has 1 aromatic heterocycles. The molecule has 6 heteroatoms. The lowest BCUT2D eigenvalue weighted by atomic mass is 10.2. The van der Waals surface area contributed by atoms with E-state index in [9.17, 15) is 4.79 Å². The van der Waals surface area contributed by atoms with Gasteiger partial charge >= 0.3 is 0 Å². The zero-order valence-electron chi connectivity index (χ0n) is 17.2. The van der Waals surface area contributed by atoms with Gasteiger partial charge in [0.15, 0.2) is 0 Å². The molecule has 0 saturated heterocycles. The number of halogens is 1. The van der Waals surface area contributed by atoms with E-state index in [1.807, 2.05) is 96.6 Å². The highest BCUT2D eigenvalue weighted by molar-refractivity contribution is 6.30. The van der Waals surface area contributed by atoms with Crippen molar-refractivity contribution in [2.75, 3.05) is 11.9 Å². The van der Waals surface area contributed by atoms with Gasteiger partial charge < -0.3 is 5.32 Å². The first-order chi connectivity index (χ1) is 15.1. The van der Waals surface area contributed by atoms with E-state index in [1.165, 1.54) is 0 Å². The van der Waals surface area contributed by atoms with Crippen molar-refractivity contribution in [3.05, 3.63) is 101 Å². The van der Waals surface area contributed by atoms with Gasteiger partial charge in [0.2, 0.25) is 11.9 Å². The van der Waals surface area contributed by atoms with Crippen molar-refractivity contribution >= 4 is 23.5 Å². The number of aromatic nitrogens is 2. The normalized spacial score (nSPS) is 10.8. The third-order valence-corrected chi connectivity index (χ3v) is 5.12. The van der Waals surface area contributed by atoms with Crippen molar-refractivity contribution in [3.63, 3.8) is 0 Å². The Labute approximate surface area is 186 Å². The Morgan fingerprint density at radius 1 is 0.968 bits per heavy atom. The summed E-state index contributed by atoms with van der Waals surface area (Å²) in [5.74, 6) is 0.317. The van der Waals surface area contributed by atoms with Crippen LogP contribution < -0.4 is 10.6 Å². The van der Waals surface area contributed by atoms with Gasteiger partial charge in [-0.3, -0.25) is 14.7 Å². The minimum atomic E-state index is -0.155. The van der Waals surface area contributed by atoms with E-state index < -0.39 is 0 Å². The van der Waals surface area contributed by atoms with Crippen molar-refractivity contribution in [1.82, 2.24) is 14.9 Å². The topological polar surface area (TPSA) is 59.0 Å². The summed E-state index contributed by atoms with van der Waals surface area (Å²) in [7, 11) is 0. The Kier molecular flexibility index (Phi) is 6.46. The molecule has 0 bridgehead atoms. The summed E-state index contributed by atoms with van der Waals surface area (Å²) < 4.78 is 1.89. The Hall–Kier alpha value is -3.41. The maximum absolute atomic E-state index is 12.6. The Bertz CT molecular complexity index is 1150. The zero-order valence-corrected chi connectivity index (χ0v) is 17.9. The molecular weight excluding hydrogens is 408 g/mol. The third-order valence-electron chi connectivity index (χ3n) is 4.87. The number of aryl methyl sites for hydroxylation is 1. The number of hydrogen-bond acceptors (Lipinski definition) is 3. The molecule has 31 heavy (non-hydrogen) atoms. The highest BCUT2D eigenvalue weighted by Gasteiger charge is 2.14. The number of nitrogens with one attached hydrogen (secondary N) is 2. The van der Waals surface area contributed by atoms with Crippen LogP contribution in [0.3, 0.4) is 0 Å². The van der Waals surface area contributed by atoms with E-state index >= 15 is 0 Å². The van der Waals surface area contributed by atoms with E-state index in [0.717, 1.165) is 28.1 Å². The first kappa shape index (κ1) is 20.8. The van der Waals surface area contributed by atoms with Crippen molar-refractivity contribution in [1.29, 1.82) is 0 Å². The standard InChI is InChI=1S/C25H23ClN4O/c1-18-7-13-22(14-8-18)30-17-23(20-9-11-21(26)12-10-20)28-25(30)29-24(31)16-27-15-19-5-3-2-4-6-19/h2-14,17,27H,15-16H2,1H3,(H,28,29,31). The lowest BCUT2D eigenvalue weighted by Gasteiger charge is -2.10. The number of carbonyl (C=O) groups excluding carboxylic acids is 1. The number of imidazole rings is 1. The van der Waals surface area contributed by atoms with E-state index in [1.54, 1.807) is 0 Å². The fourth-order valence-electron chi connectivity index (χ4n) is 3.22. The number of carbonyl (C=O) groups is 1. The average Bonchev–Trinajstić information content (AvgIpc) is 3.19. The van der Waals surface area contributed by atoms with Crippen LogP contribution in [0.4, 0.5) is 5.95 Å². The van der Waals surface area contributed by atoms with Gasteiger partial charge in [-0.15, -0.1) is 0 Å². The summed E-state index contributed by atoms with van der Waals surface area (Å²) >= 11 is 6.02. The lowest BCUT2D eigenvalue weighted by molar-refractivity contribution is -0.115. The van der Waals surface area contributed by atoms with E-state index in [-0.39, 0.29) is 12.5 Å². The molecule has 0 radical (unpaired) electrons. The summed E-state index contributed by atoms with van der Waals surface area (Å²) in [5.41, 5.74) is 4.89. The second kappa shape index (κ2) is 9.60. The van der Waals surface area contributed by atoms with Gasteiger partial charge in [-0.05, 0) is 36.8 Å². The number of benzene rings is 3. The van der Waals surface area contributed by atoms with Crippen LogP contribution in [-0.4, -0.2) is 22.0 Å². The van der Waals surface area contributed by atoms with Crippen LogP contribution in [0, 0.1) is 6.92 Å². The Morgan fingerprint density at radius 3 is 2.39 bits per heavy atom. The summed E-state index contributed by atoms with van der Waals surface area (Å²) in [6.07, 6.45) is 1.92. The molecule has 0 fully saturated rings. The molecule has 1 heterocycles. The number of rotatable bonds is 7. The summed E-state index contributed by atoms with van der Waals surface area (Å²) in [6.45, 7) is 2.85. The predicted octanol–water partition coefficient (Wildman–Crippen LogP) is 5.23. The van der Waals surface area contributed by atoms with Crippen LogP contribution in [-0.2, 0) is 11.3 Å². The largest absolute Gasteiger partial charge is 0.304 e. The molecule has 3 aromatic carbocycles. The molecule has 0 atom stereocenters. The molecular formula is C25H23ClN4O. The predicted molar refractivity (Wildman–Crippen MR) is 126 cm³/mol. The Morgan fingerprint density at radius 2 is 1.68 bits per heavy atom. The SMILES string of the molecule is Cc1ccc(-n2cc(-c3ccc(Cl)cc3)nc2NC(=O)CNCc2ccccc2)cc1. The van der Waals surface area contributed by atoms with Crippen LogP contribution in [0.25, 0.3) is 16.9 Å². The minimum Gasteiger partial charge on any atom is -0.304 e. The van der Waals surface area contributed by atoms with Crippen molar-refractivity contribution in [2.45, 2.75) is 13.5 Å². The summed E-state index contributed by atoms with van der Waals surface area (Å²) in [6, 6.07) is 25.5. The van der Waals surface area contributed by atoms with Crippen LogP contribution in [0.1, 0.15) is 11.1 Å². The van der Waals surface area contributed by atoms with Gasteiger partial charge in [-0.25, -0.2) is 4.98 Å². The molecule has 4 rings (SSSR count). The summed E-state index contributed by atoms with van der Waals surface area (Å²) in [4.78, 5) is 17.3. The van der Waals surface area contributed by atoms with E-state index in [0.29, 0.717) is 17.5 Å². The van der Waals surface area contributed by atoms with Gasteiger partial charge in [-0.1, -0.05) is 71.8 Å². The number of anilines is 1. The summed E-state index contributed by atoms with van der Waals surface area (Å²) in [5, 5.41) is 6.77. The molecule has 4 aromatic rings. The first-order valence-electron chi connectivity index (χ1n) is 10.1. The lowest BCUT2D eigenvalue weighted by Crippen LogP contribution is -2.28. The monoisotopic (exact) mass is 430 g/mol. The number of hydrogen-bond donors (Lipinski definition) is 2. The van der Waals surface area contributed by atoms with Crippen LogP contribution >= 0.6 is 11.6 Å². The molecule has 0 aliphatic heterocycles. The average molecular weight is 431 g/mol. The van der Waals surface area contributed by atoms with Crippen molar-refractivity contribution in [2.24, 2.45) is 0 Å². The van der Waals surface area contributed by atoms with Crippen molar-refractivity contribution in [3.8, 4) is 16.9 Å². The maximum atomic E-state index is 12.6. The van der Waals surface area contributed by atoms with Crippen LogP contribution in [0.15, 0.2) is 85.1 Å². The minimum absolute atomic E-state index is 0.155. The van der Waals surface area contributed by atoms with Gasteiger partial charge in [0.05, 0.1) is 12.2 Å². The molecule has 1 amide bonds. The highest BCUT2D eigenvalue weighted by Crippen LogP contribution is 2.25.